The van der Waals surface area contributed by atoms with Crippen molar-refractivity contribution in [1.82, 2.24) is 4.90 Å². The number of carbonyl (C=O) groups excluding carboxylic acids is 1. The van der Waals surface area contributed by atoms with Crippen LogP contribution < -0.4 is 11.1 Å². The van der Waals surface area contributed by atoms with E-state index in [1.54, 1.807) is 40.0 Å². The first kappa shape index (κ1) is 18.7. The lowest BCUT2D eigenvalue weighted by Crippen LogP contribution is -2.58. The first-order valence-electron chi connectivity index (χ1n) is 9.26. The molecule has 1 fully saturated rings. The number of nitrogens with two attached hydrogens (primary N) is 1. The molecule has 142 valence electrons. The van der Waals surface area contributed by atoms with Crippen LogP contribution in [-0.2, 0) is 10.3 Å². The molecule has 1 amide bonds. The molecule has 1 saturated carbocycles. The fraction of sp³-hybridized carbons (Fsp3) is 0.600. The number of hydrogen-bond donors (Lipinski definition) is 2. The predicted molar refractivity (Wildman–Crippen MR) is 102 cm³/mol. The standard InChI is InChI=1S/C20H29FN4O/c1-12-6-7-13(10-12)23-14-8-9-16(21)15(11-14)20(4)19(2,3)17(26)25(5)18(22)24-20/h8-9,11-13,23H,6-7,10H2,1-5H3,(H2,22,24)/t12?,13?,20-/m1/s1. The highest BCUT2D eigenvalue weighted by Crippen LogP contribution is 2.47. The van der Waals surface area contributed by atoms with Crippen molar-refractivity contribution in [2.24, 2.45) is 22.1 Å². The van der Waals surface area contributed by atoms with Crippen LogP contribution >= 0.6 is 0 Å². The Kier molecular flexibility index (Phi) is 4.49. The number of benzene rings is 1. The van der Waals surface area contributed by atoms with Gasteiger partial charge in [-0.3, -0.25) is 9.69 Å². The largest absolute Gasteiger partial charge is 0.382 e. The minimum absolute atomic E-state index is 0.110. The highest BCUT2D eigenvalue weighted by atomic mass is 19.1. The molecule has 0 radical (unpaired) electrons. The van der Waals surface area contributed by atoms with E-state index in [9.17, 15) is 9.18 Å². The van der Waals surface area contributed by atoms with Gasteiger partial charge < -0.3 is 11.1 Å². The molecule has 1 heterocycles. The summed E-state index contributed by atoms with van der Waals surface area (Å²) in [5.41, 5.74) is 5.20. The molecular weight excluding hydrogens is 331 g/mol. The average molecular weight is 360 g/mol. The first-order valence-corrected chi connectivity index (χ1v) is 9.26. The van der Waals surface area contributed by atoms with E-state index in [1.807, 2.05) is 0 Å². The normalized spacial score (nSPS) is 31.1. The van der Waals surface area contributed by atoms with E-state index in [0.29, 0.717) is 17.5 Å². The Hall–Kier alpha value is -2.11. The number of amides is 1. The molecule has 1 aromatic carbocycles. The van der Waals surface area contributed by atoms with Gasteiger partial charge in [-0.15, -0.1) is 0 Å². The van der Waals surface area contributed by atoms with Gasteiger partial charge in [-0.25, -0.2) is 9.38 Å². The minimum atomic E-state index is -1.08. The summed E-state index contributed by atoms with van der Waals surface area (Å²) in [6.45, 7) is 7.62. The molecule has 26 heavy (non-hydrogen) atoms. The second-order valence-corrected chi connectivity index (χ2v) is 8.49. The van der Waals surface area contributed by atoms with Crippen LogP contribution in [0.3, 0.4) is 0 Å². The second-order valence-electron chi connectivity index (χ2n) is 8.49. The van der Waals surface area contributed by atoms with E-state index in [4.69, 9.17) is 5.73 Å². The Labute approximate surface area is 154 Å². The third kappa shape index (κ3) is 2.85. The van der Waals surface area contributed by atoms with Gasteiger partial charge in [0.15, 0.2) is 5.96 Å². The number of nitrogens with one attached hydrogen (secondary N) is 1. The third-order valence-corrected chi connectivity index (χ3v) is 6.29. The number of anilines is 1. The number of guanidine groups is 1. The molecular formula is C20H29FN4O. The van der Waals surface area contributed by atoms with Gasteiger partial charge in [0.05, 0.1) is 5.41 Å². The van der Waals surface area contributed by atoms with E-state index in [2.05, 4.69) is 17.2 Å². The van der Waals surface area contributed by atoms with Crippen molar-refractivity contribution in [2.75, 3.05) is 12.4 Å². The zero-order chi connectivity index (χ0) is 19.3. The quantitative estimate of drug-likeness (QED) is 0.867. The van der Waals surface area contributed by atoms with Crippen LogP contribution in [0.25, 0.3) is 0 Å². The van der Waals surface area contributed by atoms with Crippen molar-refractivity contribution in [3.05, 3.63) is 29.6 Å². The van der Waals surface area contributed by atoms with Gasteiger partial charge in [-0.2, -0.15) is 0 Å². The highest BCUT2D eigenvalue weighted by molar-refractivity contribution is 6.01. The predicted octanol–water partition coefficient (Wildman–Crippen LogP) is 3.45. The zero-order valence-electron chi connectivity index (χ0n) is 16.3. The molecule has 1 aromatic rings. The molecule has 3 atom stereocenters. The molecule has 1 aliphatic heterocycles. The zero-order valence-corrected chi connectivity index (χ0v) is 16.3. The van der Waals surface area contributed by atoms with Crippen LogP contribution in [0.5, 0.6) is 0 Å². The Balaban J connectivity index is 2.02. The molecule has 2 unspecified atom stereocenters. The number of aliphatic imine (C=N–C) groups is 1. The van der Waals surface area contributed by atoms with Crippen molar-refractivity contribution in [3.8, 4) is 0 Å². The summed E-state index contributed by atoms with van der Waals surface area (Å²) in [5.74, 6) is 0.272. The van der Waals surface area contributed by atoms with Gasteiger partial charge in [-0.05, 0) is 64.2 Å². The van der Waals surface area contributed by atoms with Crippen molar-refractivity contribution >= 4 is 17.6 Å². The van der Waals surface area contributed by atoms with Crippen LogP contribution in [0.4, 0.5) is 10.1 Å². The maximum Gasteiger partial charge on any atom is 0.237 e. The number of carbonyl (C=O) groups is 1. The van der Waals surface area contributed by atoms with Crippen molar-refractivity contribution in [3.63, 3.8) is 0 Å². The van der Waals surface area contributed by atoms with Gasteiger partial charge in [0.25, 0.3) is 0 Å². The molecule has 5 nitrogen and oxygen atoms in total. The third-order valence-electron chi connectivity index (χ3n) is 6.29. The number of rotatable bonds is 3. The van der Waals surface area contributed by atoms with Gasteiger partial charge in [0.1, 0.15) is 11.4 Å². The maximum atomic E-state index is 14.8. The summed E-state index contributed by atoms with van der Waals surface area (Å²) in [5, 5.41) is 3.51. The Morgan fingerprint density at radius 1 is 1.31 bits per heavy atom. The Morgan fingerprint density at radius 2 is 2.00 bits per heavy atom. The lowest BCUT2D eigenvalue weighted by Gasteiger charge is -2.46. The van der Waals surface area contributed by atoms with Gasteiger partial charge in [0.2, 0.25) is 5.91 Å². The minimum Gasteiger partial charge on any atom is -0.382 e. The number of hydrogen-bond acceptors (Lipinski definition) is 4. The lowest BCUT2D eigenvalue weighted by molar-refractivity contribution is -0.140. The maximum absolute atomic E-state index is 14.8. The Morgan fingerprint density at radius 3 is 2.62 bits per heavy atom. The van der Waals surface area contributed by atoms with Crippen molar-refractivity contribution in [2.45, 2.75) is 58.5 Å². The molecule has 0 spiro atoms. The molecule has 0 aromatic heterocycles. The molecule has 3 N–H and O–H groups in total. The van der Waals surface area contributed by atoms with E-state index < -0.39 is 11.0 Å². The van der Waals surface area contributed by atoms with Crippen LogP contribution in [-0.4, -0.2) is 29.9 Å². The SMILES string of the molecule is CC1CCC(Nc2ccc(F)c([C@@]3(C)N=C(N)N(C)C(=O)C3(C)C)c2)C1. The van der Waals surface area contributed by atoms with Crippen LogP contribution in [0, 0.1) is 17.2 Å². The molecule has 1 aliphatic carbocycles. The fourth-order valence-electron chi connectivity index (χ4n) is 4.13. The van der Waals surface area contributed by atoms with E-state index >= 15 is 0 Å². The summed E-state index contributed by atoms with van der Waals surface area (Å²) < 4.78 is 14.8. The second kappa shape index (κ2) is 6.25. The van der Waals surface area contributed by atoms with E-state index in [-0.39, 0.29) is 17.7 Å². The molecule has 0 bridgehead atoms. The lowest BCUT2D eigenvalue weighted by atomic mass is 9.67. The summed E-state index contributed by atoms with van der Waals surface area (Å²) >= 11 is 0. The summed E-state index contributed by atoms with van der Waals surface area (Å²) in [6, 6.07) is 5.39. The van der Waals surface area contributed by atoms with Crippen molar-refractivity contribution < 1.29 is 9.18 Å². The molecule has 2 aliphatic rings. The van der Waals surface area contributed by atoms with Crippen LogP contribution in [0.2, 0.25) is 0 Å². The molecule has 3 rings (SSSR count). The molecule has 6 heteroatoms. The summed E-state index contributed by atoms with van der Waals surface area (Å²) in [7, 11) is 1.60. The van der Waals surface area contributed by atoms with E-state index in [1.165, 1.54) is 17.4 Å². The fourth-order valence-corrected chi connectivity index (χ4v) is 4.13. The number of nitrogens with zero attached hydrogens (tertiary/aromatic N) is 2. The summed E-state index contributed by atoms with van der Waals surface area (Å²) in [4.78, 5) is 18.7. The Bertz CT molecular complexity index is 760. The van der Waals surface area contributed by atoms with Gasteiger partial charge in [-0.1, -0.05) is 6.92 Å². The first-order chi connectivity index (χ1) is 12.1. The summed E-state index contributed by atoms with van der Waals surface area (Å²) in [6.07, 6.45) is 3.44. The van der Waals surface area contributed by atoms with Gasteiger partial charge in [0, 0.05) is 24.3 Å². The van der Waals surface area contributed by atoms with Crippen molar-refractivity contribution in [1.29, 1.82) is 0 Å². The van der Waals surface area contributed by atoms with Crippen LogP contribution in [0.1, 0.15) is 52.5 Å². The molecule has 0 saturated heterocycles. The monoisotopic (exact) mass is 360 g/mol. The van der Waals surface area contributed by atoms with Crippen LogP contribution in [0.15, 0.2) is 23.2 Å². The van der Waals surface area contributed by atoms with E-state index in [0.717, 1.165) is 18.5 Å². The average Bonchev–Trinajstić information content (AvgIpc) is 2.98. The van der Waals surface area contributed by atoms with Gasteiger partial charge >= 0.3 is 0 Å². The number of halogens is 1. The smallest absolute Gasteiger partial charge is 0.237 e. The highest BCUT2D eigenvalue weighted by Gasteiger charge is 2.53. The topological polar surface area (TPSA) is 70.7 Å².